The van der Waals surface area contributed by atoms with E-state index in [4.69, 9.17) is 9.40 Å². The highest BCUT2D eigenvalue weighted by Crippen LogP contribution is 2.33. The van der Waals surface area contributed by atoms with Crippen molar-refractivity contribution in [3.8, 4) is 0 Å². The SMILES string of the molecule is Cc1nc2cccc(NC(=O)c3nc(C4CCCCC4)n4ccccc34)c2o1. The van der Waals surface area contributed by atoms with Gasteiger partial charge in [0.25, 0.3) is 5.91 Å². The standard InChI is InChI=1S/C22H22N4O2/c1-14-23-16-10-7-11-17(20(16)28-14)24-22(27)19-18-12-5-6-13-26(18)21(25-19)15-8-3-2-4-9-15/h5-7,10-13,15H,2-4,8-9H2,1H3,(H,24,27). The molecule has 1 aromatic carbocycles. The van der Waals surface area contributed by atoms with Gasteiger partial charge in [0.15, 0.2) is 17.2 Å². The molecule has 1 aliphatic rings. The summed E-state index contributed by atoms with van der Waals surface area (Å²) in [5.74, 6) is 1.75. The van der Waals surface area contributed by atoms with Crippen LogP contribution in [0.3, 0.4) is 0 Å². The Labute approximate surface area is 162 Å². The van der Waals surface area contributed by atoms with Crippen LogP contribution in [-0.2, 0) is 0 Å². The van der Waals surface area contributed by atoms with E-state index in [1.54, 1.807) is 6.92 Å². The number of rotatable bonds is 3. The van der Waals surface area contributed by atoms with Crippen molar-refractivity contribution in [3.05, 3.63) is 60.0 Å². The number of pyridine rings is 1. The Morgan fingerprint density at radius 2 is 1.96 bits per heavy atom. The lowest BCUT2D eigenvalue weighted by Gasteiger charge is -2.20. The number of imidazole rings is 1. The Morgan fingerprint density at radius 3 is 2.82 bits per heavy atom. The Hall–Kier alpha value is -3.15. The predicted octanol–water partition coefficient (Wildman–Crippen LogP) is 5.08. The van der Waals surface area contributed by atoms with E-state index in [0.29, 0.717) is 28.8 Å². The maximum absolute atomic E-state index is 13.1. The van der Waals surface area contributed by atoms with Crippen LogP contribution in [0.15, 0.2) is 47.0 Å². The lowest BCUT2D eigenvalue weighted by molar-refractivity contribution is 0.102. The summed E-state index contributed by atoms with van der Waals surface area (Å²) >= 11 is 0. The van der Waals surface area contributed by atoms with Crippen LogP contribution < -0.4 is 5.32 Å². The number of carbonyl (C=O) groups excluding carboxylic acids is 1. The average Bonchev–Trinajstić information content (AvgIpc) is 3.29. The maximum Gasteiger partial charge on any atom is 0.276 e. The van der Waals surface area contributed by atoms with Crippen molar-refractivity contribution in [2.24, 2.45) is 0 Å². The van der Waals surface area contributed by atoms with E-state index < -0.39 is 0 Å². The molecule has 0 aliphatic heterocycles. The van der Waals surface area contributed by atoms with Crippen molar-refractivity contribution in [3.63, 3.8) is 0 Å². The summed E-state index contributed by atoms with van der Waals surface area (Å²) in [4.78, 5) is 22.3. The molecule has 3 heterocycles. The number of nitrogens with one attached hydrogen (secondary N) is 1. The number of benzene rings is 1. The highest BCUT2D eigenvalue weighted by atomic mass is 16.3. The molecule has 1 fully saturated rings. The number of carbonyl (C=O) groups is 1. The van der Waals surface area contributed by atoms with Crippen molar-refractivity contribution < 1.29 is 9.21 Å². The monoisotopic (exact) mass is 374 g/mol. The first-order valence-electron chi connectivity index (χ1n) is 9.85. The number of fused-ring (bicyclic) bond motifs is 2. The lowest BCUT2D eigenvalue weighted by atomic mass is 9.89. The maximum atomic E-state index is 13.1. The summed E-state index contributed by atoms with van der Waals surface area (Å²) in [6.45, 7) is 1.80. The minimum Gasteiger partial charge on any atom is -0.439 e. The molecule has 0 unspecified atom stereocenters. The molecule has 0 spiro atoms. The van der Waals surface area contributed by atoms with Gasteiger partial charge >= 0.3 is 0 Å². The van der Waals surface area contributed by atoms with Gasteiger partial charge < -0.3 is 14.1 Å². The second-order valence-electron chi connectivity index (χ2n) is 7.45. The third-order valence-electron chi connectivity index (χ3n) is 5.53. The van der Waals surface area contributed by atoms with Crippen LogP contribution in [0.1, 0.15) is 60.2 Å². The van der Waals surface area contributed by atoms with E-state index in [1.165, 1.54) is 19.3 Å². The van der Waals surface area contributed by atoms with Crippen LogP contribution in [0, 0.1) is 6.92 Å². The summed E-state index contributed by atoms with van der Waals surface area (Å²) in [6.07, 6.45) is 8.00. The summed E-state index contributed by atoms with van der Waals surface area (Å²) in [6, 6.07) is 11.4. The van der Waals surface area contributed by atoms with Gasteiger partial charge in [-0.1, -0.05) is 31.4 Å². The smallest absolute Gasteiger partial charge is 0.276 e. The third kappa shape index (κ3) is 2.85. The second kappa shape index (κ2) is 6.78. The molecule has 5 rings (SSSR count). The molecule has 1 saturated carbocycles. The topological polar surface area (TPSA) is 72.4 Å². The molecule has 3 aromatic heterocycles. The number of oxazole rings is 1. The van der Waals surface area contributed by atoms with Crippen LogP contribution in [0.4, 0.5) is 5.69 Å². The van der Waals surface area contributed by atoms with Crippen molar-refractivity contribution in [1.29, 1.82) is 0 Å². The van der Waals surface area contributed by atoms with E-state index in [-0.39, 0.29) is 5.91 Å². The van der Waals surface area contributed by atoms with Crippen LogP contribution in [0.2, 0.25) is 0 Å². The molecule has 28 heavy (non-hydrogen) atoms. The van der Waals surface area contributed by atoms with Gasteiger partial charge in [-0.3, -0.25) is 4.79 Å². The fourth-order valence-electron chi connectivity index (χ4n) is 4.22. The number of aryl methyl sites for hydroxylation is 1. The summed E-state index contributed by atoms with van der Waals surface area (Å²) in [5.41, 5.74) is 3.22. The summed E-state index contributed by atoms with van der Waals surface area (Å²) in [5, 5.41) is 2.97. The first-order valence-corrected chi connectivity index (χ1v) is 9.85. The first-order chi connectivity index (χ1) is 13.7. The molecule has 1 aliphatic carbocycles. The van der Waals surface area contributed by atoms with Crippen LogP contribution in [-0.4, -0.2) is 20.3 Å². The van der Waals surface area contributed by atoms with Crippen LogP contribution in [0.25, 0.3) is 16.6 Å². The molecular weight excluding hydrogens is 352 g/mol. The molecule has 0 radical (unpaired) electrons. The number of para-hydroxylation sites is 1. The van der Waals surface area contributed by atoms with Gasteiger partial charge in [0.1, 0.15) is 11.3 Å². The Bertz CT molecular complexity index is 1170. The normalized spacial score (nSPS) is 15.3. The first kappa shape index (κ1) is 17.0. The molecule has 1 N–H and O–H groups in total. The van der Waals surface area contributed by atoms with Gasteiger partial charge in [0.2, 0.25) is 0 Å². The molecule has 0 atom stereocenters. The molecule has 1 amide bonds. The highest BCUT2D eigenvalue weighted by molar-refractivity contribution is 6.10. The number of anilines is 1. The Balaban J connectivity index is 1.54. The van der Waals surface area contributed by atoms with Crippen molar-refractivity contribution in [2.45, 2.75) is 44.9 Å². The van der Waals surface area contributed by atoms with E-state index >= 15 is 0 Å². The molecule has 0 saturated heterocycles. The van der Waals surface area contributed by atoms with E-state index in [1.807, 2.05) is 42.6 Å². The zero-order valence-corrected chi connectivity index (χ0v) is 15.8. The lowest BCUT2D eigenvalue weighted by Crippen LogP contribution is -2.13. The van der Waals surface area contributed by atoms with Gasteiger partial charge in [-0.15, -0.1) is 0 Å². The van der Waals surface area contributed by atoms with Crippen molar-refractivity contribution in [1.82, 2.24) is 14.4 Å². The number of hydrogen-bond donors (Lipinski definition) is 1. The number of aromatic nitrogens is 3. The molecule has 0 bridgehead atoms. The van der Waals surface area contributed by atoms with Crippen LogP contribution >= 0.6 is 0 Å². The van der Waals surface area contributed by atoms with Gasteiger partial charge in [-0.25, -0.2) is 9.97 Å². The van der Waals surface area contributed by atoms with Crippen molar-refractivity contribution in [2.75, 3.05) is 5.32 Å². The Kier molecular flexibility index (Phi) is 4.11. The zero-order valence-electron chi connectivity index (χ0n) is 15.8. The quantitative estimate of drug-likeness (QED) is 0.542. The van der Waals surface area contributed by atoms with Gasteiger partial charge in [0.05, 0.1) is 11.2 Å². The van der Waals surface area contributed by atoms with Gasteiger partial charge in [0, 0.05) is 19.0 Å². The van der Waals surface area contributed by atoms with E-state index in [0.717, 1.165) is 29.7 Å². The Morgan fingerprint density at radius 1 is 1.11 bits per heavy atom. The summed E-state index contributed by atoms with van der Waals surface area (Å²) in [7, 11) is 0. The van der Waals surface area contributed by atoms with Gasteiger partial charge in [-0.05, 0) is 37.1 Å². The van der Waals surface area contributed by atoms with Crippen LogP contribution in [0.5, 0.6) is 0 Å². The van der Waals surface area contributed by atoms with Gasteiger partial charge in [-0.2, -0.15) is 0 Å². The molecule has 6 nitrogen and oxygen atoms in total. The molecule has 142 valence electrons. The number of hydrogen-bond acceptors (Lipinski definition) is 4. The number of amides is 1. The van der Waals surface area contributed by atoms with Crippen molar-refractivity contribution >= 4 is 28.2 Å². The highest BCUT2D eigenvalue weighted by Gasteiger charge is 2.25. The fraction of sp³-hybridized carbons (Fsp3) is 0.318. The second-order valence-corrected chi connectivity index (χ2v) is 7.45. The largest absolute Gasteiger partial charge is 0.439 e. The minimum atomic E-state index is -0.229. The predicted molar refractivity (Wildman–Crippen MR) is 108 cm³/mol. The summed E-state index contributed by atoms with van der Waals surface area (Å²) < 4.78 is 7.75. The number of nitrogens with zero attached hydrogens (tertiary/aromatic N) is 3. The fourth-order valence-corrected chi connectivity index (χ4v) is 4.22. The third-order valence-corrected chi connectivity index (χ3v) is 5.53. The molecular formula is C22H22N4O2. The molecule has 6 heteroatoms. The van der Waals surface area contributed by atoms with E-state index in [2.05, 4.69) is 14.7 Å². The van der Waals surface area contributed by atoms with E-state index in [9.17, 15) is 4.79 Å². The minimum absolute atomic E-state index is 0.229. The average molecular weight is 374 g/mol. The zero-order chi connectivity index (χ0) is 19.1. The molecule has 4 aromatic rings.